The molecule has 3 aromatic rings. The summed E-state index contributed by atoms with van der Waals surface area (Å²) in [7, 11) is -3.37. The summed E-state index contributed by atoms with van der Waals surface area (Å²) in [6.45, 7) is 5.25. The fourth-order valence-electron chi connectivity index (χ4n) is 3.41. The number of hydrogen-bond acceptors (Lipinski definition) is 4. The van der Waals surface area contributed by atoms with E-state index in [1.807, 2.05) is 38.1 Å². The molecule has 2 aromatic carbocycles. The Balaban J connectivity index is 2.06. The maximum atomic E-state index is 11.6. The van der Waals surface area contributed by atoms with E-state index in [-0.39, 0.29) is 0 Å². The van der Waals surface area contributed by atoms with Crippen molar-refractivity contribution >= 4 is 26.6 Å². The summed E-state index contributed by atoms with van der Waals surface area (Å²) in [5, 5.41) is 10.6. The minimum Gasteiger partial charge on any atom is -0.494 e. The second-order valence-electron chi connectivity index (χ2n) is 6.54. The molecule has 1 N–H and O–H groups in total. The van der Waals surface area contributed by atoms with Gasteiger partial charge in [-0.15, -0.1) is 0 Å². The van der Waals surface area contributed by atoms with E-state index in [0.717, 1.165) is 34.2 Å². The largest absolute Gasteiger partial charge is 0.494 e. The van der Waals surface area contributed by atoms with Crippen LogP contribution in [0.3, 0.4) is 0 Å². The average Bonchev–Trinajstić information content (AvgIpc) is 2.93. The molecule has 0 amide bonds. The number of benzene rings is 2. The molecular weight excluding hydrogens is 374 g/mol. The molecule has 28 heavy (non-hydrogen) atoms. The number of nitrogens with one attached hydrogen (secondary N) is 1. The van der Waals surface area contributed by atoms with E-state index in [1.165, 1.54) is 0 Å². The highest BCUT2D eigenvalue weighted by molar-refractivity contribution is 7.92. The van der Waals surface area contributed by atoms with Gasteiger partial charge in [-0.25, -0.2) is 8.42 Å². The number of ether oxygens (including phenoxy) is 1. The molecule has 6 nitrogen and oxygen atoms in total. The monoisotopic (exact) mass is 397 g/mol. The van der Waals surface area contributed by atoms with Gasteiger partial charge < -0.3 is 9.30 Å². The molecule has 0 spiro atoms. The molecule has 0 aliphatic rings. The molecular formula is C21H23N3O3S. The van der Waals surface area contributed by atoms with Gasteiger partial charge in [0.05, 0.1) is 29.6 Å². The van der Waals surface area contributed by atoms with Crippen LogP contribution in [0.1, 0.15) is 30.7 Å². The Morgan fingerprint density at radius 2 is 1.86 bits per heavy atom. The van der Waals surface area contributed by atoms with Crippen molar-refractivity contribution < 1.29 is 13.2 Å². The van der Waals surface area contributed by atoms with Gasteiger partial charge in [0.25, 0.3) is 0 Å². The first kappa shape index (κ1) is 19.8. The maximum absolute atomic E-state index is 11.6. The van der Waals surface area contributed by atoms with Crippen molar-refractivity contribution in [2.45, 2.75) is 26.8 Å². The molecule has 1 aromatic heterocycles. The van der Waals surface area contributed by atoms with Crippen LogP contribution in [-0.4, -0.2) is 25.8 Å². The molecule has 0 atom stereocenters. The zero-order chi connectivity index (χ0) is 20.3. The van der Waals surface area contributed by atoms with Gasteiger partial charge in [0.15, 0.2) is 0 Å². The molecule has 0 fully saturated rings. The van der Waals surface area contributed by atoms with Gasteiger partial charge in [0.2, 0.25) is 10.0 Å². The molecule has 1 heterocycles. The first-order valence-corrected chi connectivity index (χ1v) is 11.0. The summed E-state index contributed by atoms with van der Waals surface area (Å²) >= 11 is 0. The highest BCUT2D eigenvalue weighted by atomic mass is 32.2. The normalized spacial score (nSPS) is 11.4. The number of fused-ring (bicyclic) bond motifs is 1. The topological polar surface area (TPSA) is 84.1 Å². The van der Waals surface area contributed by atoms with Gasteiger partial charge >= 0.3 is 0 Å². The maximum Gasteiger partial charge on any atom is 0.229 e. The fraction of sp³-hybridized carbons (Fsp3) is 0.286. The first-order chi connectivity index (χ1) is 13.4. The summed E-state index contributed by atoms with van der Waals surface area (Å²) in [5.41, 5.74) is 3.94. The second kappa shape index (κ2) is 7.95. The van der Waals surface area contributed by atoms with Crippen LogP contribution < -0.4 is 9.46 Å². The van der Waals surface area contributed by atoms with E-state index in [2.05, 4.69) is 15.4 Å². The molecule has 0 radical (unpaired) electrons. The van der Waals surface area contributed by atoms with Crippen LogP contribution in [0.25, 0.3) is 10.9 Å². The highest BCUT2D eigenvalue weighted by Crippen LogP contribution is 2.30. The molecule has 0 saturated heterocycles. The molecule has 0 saturated carbocycles. The van der Waals surface area contributed by atoms with Crippen molar-refractivity contribution in [1.29, 1.82) is 5.26 Å². The third-order valence-corrected chi connectivity index (χ3v) is 5.12. The van der Waals surface area contributed by atoms with Crippen LogP contribution in [0.2, 0.25) is 0 Å². The van der Waals surface area contributed by atoms with Crippen LogP contribution in [0, 0.1) is 11.3 Å². The lowest BCUT2D eigenvalue weighted by Crippen LogP contribution is -2.09. The standard InChI is InChI=1S/C21H23N3O3S/c1-4-24-20(12-15-6-9-17(10-7-15)27-5-2)19(14-22)18-11-8-16(13-21(18)24)23-28(3,25)26/h6-11,13,23H,4-5,12H2,1-3H3. The van der Waals surface area contributed by atoms with Crippen molar-refractivity contribution in [3.8, 4) is 11.8 Å². The third-order valence-electron chi connectivity index (χ3n) is 4.51. The molecule has 146 valence electrons. The van der Waals surface area contributed by atoms with E-state index in [0.29, 0.717) is 30.8 Å². The Kier molecular flexibility index (Phi) is 5.61. The van der Waals surface area contributed by atoms with Crippen molar-refractivity contribution in [2.24, 2.45) is 0 Å². The van der Waals surface area contributed by atoms with Crippen molar-refractivity contribution in [1.82, 2.24) is 4.57 Å². The number of aromatic nitrogens is 1. The minimum absolute atomic E-state index is 0.485. The second-order valence-corrected chi connectivity index (χ2v) is 8.29. The van der Waals surface area contributed by atoms with Crippen LogP contribution in [0.15, 0.2) is 42.5 Å². The van der Waals surface area contributed by atoms with Crippen LogP contribution in [0.5, 0.6) is 5.75 Å². The predicted molar refractivity (Wildman–Crippen MR) is 111 cm³/mol. The molecule has 0 unspecified atom stereocenters. The SMILES string of the molecule is CCOc1ccc(Cc2c(C#N)c3ccc(NS(C)(=O)=O)cc3n2CC)cc1. The summed E-state index contributed by atoms with van der Waals surface area (Å²) in [6, 6.07) is 15.5. The fourth-order valence-corrected chi connectivity index (χ4v) is 3.97. The summed E-state index contributed by atoms with van der Waals surface area (Å²) < 4.78 is 33.2. The van der Waals surface area contributed by atoms with E-state index in [1.54, 1.807) is 18.2 Å². The zero-order valence-corrected chi connectivity index (χ0v) is 17.0. The number of aryl methyl sites for hydroxylation is 1. The predicted octanol–water partition coefficient (Wildman–Crippen LogP) is 3.89. The van der Waals surface area contributed by atoms with Crippen molar-refractivity contribution in [2.75, 3.05) is 17.6 Å². The number of nitriles is 1. The molecule has 0 aliphatic heterocycles. The number of anilines is 1. The van der Waals surface area contributed by atoms with Crippen molar-refractivity contribution in [3.05, 3.63) is 59.3 Å². The Morgan fingerprint density at radius 1 is 1.14 bits per heavy atom. The smallest absolute Gasteiger partial charge is 0.229 e. The molecule has 0 aliphatic carbocycles. The summed E-state index contributed by atoms with van der Waals surface area (Å²) in [5.74, 6) is 0.819. The van der Waals surface area contributed by atoms with Crippen LogP contribution in [-0.2, 0) is 23.0 Å². The van der Waals surface area contributed by atoms with Gasteiger partial charge in [-0.05, 0) is 49.7 Å². The lowest BCUT2D eigenvalue weighted by atomic mass is 10.1. The lowest BCUT2D eigenvalue weighted by Gasteiger charge is -2.10. The van der Waals surface area contributed by atoms with Gasteiger partial charge in [0, 0.05) is 24.0 Å². The van der Waals surface area contributed by atoms with Crippen LogP contribution >= 0.6 is 0 Å². The Hall–Kier alpha value is -2.98. The zero-order valence-electron chi connectivity index (χ0n) is 16.2. The van der Waals surface area contributed by atoms with E-state index < -0.39 is 10.0 Å². The van der Waals surface area contributed by atoms with E-state index >= 15 is 0 Å². The lowest BCUT2D eigenvalue weighted by molar-refractivity contribution is 0.340. The first-order valence-electron chi connectivity index (χ1n) is 9.11. The quantitative estimate of drug-likeness (QED) is 0.655. The Bertz CT molecular complexity index is 1140. The van der Waals surface area contributed by atoms with Gasteiger partial charge in [-0.2, -0.15) is 5.26 Å². The molecule has 3 rings (SSSR count). The van der Waals surface area contributed by atoms with Gasteiger partial charge in [-0.3, -0.25) is 4.72 Å². The number of nitrogens with zero attached hydrogens (tertiary/aromatic N) is 2. The Labute approximate surface area is 165 Å². The van der Waals surface area contributed by atoms with Gasteiger partial charge in [-0.1, -0.05) is 12.1 Å². The van der Waals surface area contributed by atoms with Crippen LogP contribution in [0.4, 0.5) is 5.69 Å². The van der Waals surface area contributed by atoms with E-state index in [9.17, 15) is 13.7 Å². The highest BCUT2D eigenvalue weighted by Gasteiger charge is 2.17. The number of sulfonamides is 1. The van der Waals surface area contributed by atoms with Crippen molar-refractivity contribution in [3.63, 3.8) is 0 Å². The average molecular weight is 398 g/mol. The summed E-state index contributed by atoms with van der Waals surface area (Å²) in [6.07, 6.45) is 1.72. The van der Waals surface area contributed by atoms with Gasteiger partial charge in [0.1, 0.15) is 11.8 Å². The Morgan fingerprint density at radius 3 is 2.43 bits per heavy atom. The summed E-state index contributed by atoms with van der Waals surface area (Å²) in [4.78, 5) is 0. The van der Waals surface area contributed by atoms with E-state index in [4.69, 9.17) is 4.74 Å². The number of rotatable bonds is 7. The number of hydrogen-bond donors (Lipinski definition) is 1. The third kappa shape index (κ3) is 4.12. The minimum atomic E-state index is -3.37. The molecule has 7 heteroatoms. The molecule has 0 bridgehead atoms.